The first-order valence-corrected chi connectivity index (χ1v) is 6.62. The summed E-state index contributed by atoms with van der Waals surface area (Å²) in [6.45, 7) is 1.58. The Hall–Kier alpha value is -0.610. The Morgan fingerprint density at radius 2 is 2.19 bits per heavy atom. The van der Waals surface area contributed by atoms with Crippen LogP contribution in [0.15, 0.2) is 21.5 Å². The van der Waals surface area contributed by atoms with Crippen molar-refractivity contribution in [2.24, 2.45) is 4.99 Å². The van der Waals surface area contributed by atoms with Gasteiger partial charge in [0.2, 0.25) is 0 Å². The summed E-state index contributed by atoms with van der Waals surface area (Å²) in [4.78, 5) is 5.94. The minimum absolute atomic E-state index is 0.736. The number of rotatable bonds is 7. The Morgan fingerprint density at radius 1 is 1.44 bits per heavy atom. The van der Waals surface area contributed by atoms with Gasteiger partial charge < -0.3 is 9.32 Å². The van der Waals surface area contributed by atoms with Gasteiger partial charge >= 0.3 is 0 Å². The fraction of sp³-hybridized carbons (Fsp3) is 0.545. The van der Waals surface area contributed by atoms with E-state index in [1.54, 1.807) is 11.8 Å². The van der Waals surface area contributed by atoms with E-state index >= 15 is 0 Å². The fourth-order valence-corrected chi connectivity index (χ4v) is 2.04. The second-order valence-corrected chi connectivity index (χ2v) is 4.92. The zero-order valence-electron chi connectivity index (χ0n) is 9.60. The quantitative estimate of drug-likeness (QED) is 0.426. The second kappa shape index (κ2) is 7.63. The highest BCUT2D eigenvalue weighted by molar-refractivity contribution is 7.98. The number of thioether (sulfide) groups is 1. The molecule has 0 aliphatic carbocycles. The Balaban J connectivity index is 2.26. The van der Waals surface area contributed by atoms with Crippen molar-refractivity contribution in [1.29, 1.82) is 0 Å². The van der Waals surface area contributed by atoms with Crippen molar-refractivity contribution in [2.45, 2.75) is 12.3 Å². The lowest BCUT2D eigenvalue weighted by molar-refractivity contribution is 0.344. The van der Waals surface area contributed by atoms with Crippen molar-refractivity contribution >= 4 is 29.1 Å². The predicted octanol–water partition coefficient (Wildman–Crippen LogP) is 2.68. The van der Waals surface area contributed by atoms with Gasteiger partial charge in [0.1, 0.15) is 11.5 Å². The van der Waals surface area contributed by atoms with Crippen LogP contribution in [-0.2, 0) is 12.3 Å². The number of furan rings is 1. The highest BCUT2D eigenvalue weighted by Gasteiger charge is 2.02. The van der Waals surface area contributed by atoms with E-state index in [1.165, 1.54) is 0 Å². The molecule has 0 aliphatic rings. The van der Waals surface area contributed by atoms with Gasteiger partial charge in [-0.25, -0.2) is 4.99 Å². The van der Waals surface area contributed by atoms with E-state index in [0.717, 1.165) is 36.1 Å². The van der Waals surface area contributed by atoms with Crippen LogP contribution in [0.2, 0.25) is 0 Å². The van der Waals surface area contributed by atoms with Gasteiger partial charge in [-0.1, -0.05) is 0 Å². The van der Waals surface area contributed by atoms with E-state index in [9.17, 15) is 0 Å². The third kappa shape index (κ3) is 5.47. The van der Waals surface area contributed by atoms with E-state index in [4.69, 9.17) is 4.42 Å². The number of isothiocyanates is 1. The van der Waals surface area contributed by atoms with Gasteiger partial charge in [-0.05, 0) is 38.4 Å². The molecule has 0 aromatic carbocycles. The van der Waals surface area contributed by atoms with Crippen LogP contribution in [0.4, 0.5) is 0 Å². The fourth-order valence-electron chi connectivity index (χ4n) is 1.23. The summed E-state index contributed by atoms with van der Waals surface area (Å²) in [5, 5.41) is 2.36. The Bertz CT molecular complexity index is 357. The van der Waals surface area contributed by atoms with Gasteiger partial charge in [-0.15, -0.1) is 0 Å². The predicted molar refractivity (Wildman–Crippen MR) is 72.2 cm³/mol. The number of hydrogen-bond donors (Lipinski definition) is 0. The summed E-state index contributed by atoms with van der Waals surface area (Å²) in [7, 11) is 4.06. The molecule has 0 fully saturated rings. The Labute approximate surface area is 106 Å². The molecule has 1 aromatic heterocycles. The minimum Gasteiger partial charge on any atom is -0.464 e. The summed E-state index contributed by atoms with van der Waals surface area (Å²) in [6.07, 6.45) is 0. The highest BCUT2D eigenvalue weighted by atomic mass is 32.2. The highest BCUT2D eigenvalue weighted by Crippen LogP contribution is 2.16. The van der Waals surface area contributed by atoms with E-state index in [1.807, 2.05) is 26.2 Å². The molecule has 0 spiro atoms. The summed E-state index contributed by atoms with van der Waals surface area (Å²) in [5.41, 5.74) is 0. The van der Waals surface area contributed by atoms with Crippen molar-refractivity contribution in [3.63, 3.8) is 0 Å². The Kier molecular flexibility index (Phi) is 6.42. The molecule has 0 radical (unpaired) electrons. The lowest BCUT2D eigenvalue weighted by Gasteiger charge is -2.05. The van der Waals surface area contributed by atoms with Crippen LogP contribution in [0.25, 0.3) is 0 Å². The van der Waals surface area contributed by atoms with Gasteiger partial charge in [0.25, 0.3) is 0 Å². The van der Waals surface area contributed by atoms with Crippen LogP contribution in [0.1, 0.15) is 11.5 Å². The molecule has 16 heavy (non-hydrogen) atoms. The molecular formula is C11H16N2OS2. The average molecular weight is 256 g/mol. The number of aliphatic imine (C=N–C) groups is 1. The first kappa shape index (κ1) is 13.5. The van der Waals surface area contributed by atoms with E-state index in [-0.39, 0.29) is 0 Å². The van der Waals surface area contributed by atoms with Crippen molar-refractivity contribution in [1.82, 2.24) is 4.90 Å². The molecular weight excluding hydrogens is 240 g/mol. The number of thiocarbonyl (C=S) groups is 1. The average Bonchev–Trinajstić information content (AvgIpc) is 2.64. The number of hydrogen-bond acceptors (Lipinski definition) is 5. The van der Waals surface area contributed by atoms with E-state index in [0.29, 0.717) is 0 Å². The molecule has 5 heteroatoms. The molecule has 0 N–H and O–H groups in total. The van der Waals surface area contributed by atoms with Gasteiger partial charge in [-0.2, -0.15) is 11.8 Å². The maximum atomic E-state index is 5.67. The van der Waals surface area contributed by atoms with E-state index in [2.05, 4.69) is 27.3 Å². The summed E-state index contributed by atoms with van der Waals surface area (Å²) < 4.78 is 5.67. The molecule has 0 aliphatic heterocycles. The molecule has 0 saturated carbocycles. The van der Waals surface area contributed by atoms with Gasteiger partial charge in [0.05, 0.1) is 24.0 Å². The van der Waals surface area contributed by atoms with Crippen LogP contribution < -0.4 is 0 Å². The normalized spacial score (nSPS) is 10.4. The maximum Gasteiger partial charge on any atom is 0.118 e. The van der Waals surface area contributed by atoms with Crippen molar-refractivity contribution in [2.75, 3.05) is 26.4 Å². The molecule has 3 nitrogen and oxygen atoms in total. The molecule has 1 heterocycles. The lowest BCUT2D eigenvalue weighted by atomic mass is 10.4. The molecule has 0 unspecified atom stereocenters. The minimum atomic E-state index is 0.736. The van der Waals surface area contributed by atoms with E-state index < -0.39 is 0 Å². The standard InChI is InChI=1S/C11H16N2OS2/c1-13(2)7-10-3-4-11(14-10)8-16-6-5-12-9-15/h3-4H,5-8H2,1-2H3. The molecule has 0 atom stereocenters. The van der Waals surface area contributed by atoms with Gasteiger partial charge in [0.15, 0.2) is 0 Å². The molecule has 0 bridgehead atoms. The zero-order valence-corrected chi connectivity index (χ0v) is 11.2. The molecule has 88 valence electrons. The monoisotopic (exact) mass is 256 g/mol. The van der Waals surface area contributed by atoms with Crippen LogP contribution in [0.5, 0.6) is 0 Å². The summed E-state index contributed by atoms with van der Waals surface area (Å²) >= 11 is 6.28. The maximum absolute atomic E-state index is 5.67. The lowest BCUT2D eigenvalue weighted by Crippen LogP contribution is -2.09. The van der Waals surface area contributed by atoms with Crippen LogP contribution >= 0.6 is 24.0 Å². The number of nitrogens with zero attached hydrogens (tertiary/aromatic N) is 2. The van der Waals surface area contributed by atoms with Crippen molar-refractivity contribution in [3.8, 4) is 0 Å². The topological polar surface area (TPSA) is 28.7 Å². The summed E-state index contributed by atoms with van der Waals surface area (Å²) in [6, 6.07) is 4.07. The zero-order chi connectivity index (χ0) is 11.8. The van der Waals surface area contributed by atoms with Crippen LogP contribution in [0, 0.1) is 0 Å². The first-order valence-electron chi connectivity index (χ1n) is 5.06. The van der Waals surface area contributed by atoms with Crippen LogP contribution in [-0.4, -0.2) is 36.5 Å². The third-order valence-electron chi connectivity index (χ3n) is 1.85. The van der Waals surface area contributed by atoms with Gasteiger partial charge in [0, 0.05) is 5.75 Å². The second-order valence-electron chi connectivity index (χ2n) is 3.63. The third-order valence-corrected chi connectivity index (χ3v) is 2.93. The van der Waals surface area contributed by atoms with Crippen LogP contribution in [0.3, 0.4) is 0 Å². The smallest absolute Gasteiger partial charge is 0.118 e. The molecule has 1 aromatic rings. The van der Waals surface area contributed by atoms with Crippen molar-refractivity contribution < 1.29 is 4.42 Å². The van der Waals surface area contributed by atoms with Gasteiger partial charge in [-0.3, -0.25) is 0 Å². The largest absolute Gasteiger partial charge is 0.464 e. The SMILES string of the molecule is CN(C)Cc1ccc(CSCCN=C=S)o1. The van der Waals surface area contributed by atoms with Crippen molar-refractivity contribution in [3.05, 3.63) is 23.7 Å². The Morgan fingerprint density at radius 3 is 2.88 bits per heavy atom. The molecule has 0 amide bonds. The molecule has 1 rings (SSSR count). The summed E-state index contributed by atoms with van der Waals surface area (Å²) in [5.74, 6) is 3.87. The molecule has 0 saturated heterocycles. The first-order chi connectivity index (χ1) is 7.72.